The summed E-state index contributed by atoms with van der Waals surface area (Å²) >= 11 is 0. The summed E-state index contributed by atoms with van der Waals surface area (Å²) in [6.45, 7) is 2.10. The van der Waals surface area contributed by atoms with Gasteiger partial charge < -0.3 is 4.90 Å². The Bertz CT molecular complexity index is 582. The van der Waals surface area contributed by atoms with E-state index in [-0.39, 0.29) is 24.1 Å². The fourth-order valence-electron chi connectivity index (χ4n) is 1.67. The van der Waals surface area contributed by atoms with Crippen LogP contribution in [0.5, 0.6) is 0 Å². The van der Waals surface area contributed by atoms with Gasteiger partial charge in [-0.05, 0) is 6.07 Å². The quantitative estimate of drug-likeness (QED) is 0.913. The van der Waals surface area contributed by atoms with E-state index in [9.17, 15) is 9.18 Å². The molecule has 0 atom stereocenters. The summed E-state index contributed by atoms with van der Waals surface area (Å²) in [7, 11) is 1.59. The molecule has 6 heteroatoms. The number of rotatable bonds is 4. The number of nitrogens with zero attached hydrogens (tertiary/aromatic N) is 3. The van der Waals surface area contributed by atoms with Crippen LogP contribution in [0.25, 0.3) is 0 Å². The molecule has 0 aliphatic heterocycles. The normalized spacial score (nSPS) is 10.5. The van der Waals surface area contributed by atoms with E-state index in [0.717, 1.165) is 0 Å². The van der Waals surface area contributed by atoms with Gasteiger partial charge in [-0.15, -0.1) is 5.10 Å². The van der Waals surface area contributed by atoms with Crippen molar-refractivity contribution in [3.63, 3.8) is 0 Å². The molecule has 1 aromatic carbocycles. The lowest BCUT2D eigenvalue weighted by Gasteiger charge is -2.15. The highest BCUT2D eigenvalue weighted by atomic mass is 19.1. The van der Waals surface area contributed by atoms with Crippen LogP contribution in [-0.4, -0.2) is 33.0 Å². The van der Waals surface area contributed by atoms with Gasteiger partial charge in [0, 0.05) is 25.6 Å². The zero-order valence-corrected chi connectivity index (χ0v) is 10.9. The maximum absolute atomic E-state index is 13.5. The third-order valence-corrected chi connectivity index (χ3v) is 2.77. The van der Waals surface area contributed by atoms with Gasteiger partial charge in [0.2, 0.25) is 5.82 Å². The summed E-state index contributed by atoms with van der Waals surface area (Å²) < 4.78 is 13.5. The standard InChI is InChI=1S/C13H15FN4O/c1-3-11-15-12(17-16-11)13(19)18(2)8-9-6-4-5-7-10(9)14/h4-7H,3,8H2,1-2H3,(H,15,16,17). The molecular weight excluding hydrogens is 247 g/mol. The van der Waals surface area contributed by atoms with Crippen LogP contribution in [0.4, 0.5) is 4.39 Å². The lowest BCUT2D eigenvalue weighted by molar-refractivity contribution is 0.0772. The van der Waals surface area contributed by atoms with Crippen LogP contribution in [0, 0.1) is 5.82 Å². The first-order valence-corrected chi connectivity index (χ1v) is 6.02. The van der Waals surface area contributed by atoms with E-state index in [1.54, 1.807) is 25.2 Å². The number of halogens is 1. The second-order valence-corrected chi connectivity index (χ2v) is 4.21. The second kappa shape index (κ2) is 5.60. The number of hydrogen-bond acceptors (Lipinski definition) is 3. The average Bonchev–Trinajstić information content (AvgIpc) is 2.89. The number of carbonyl (C=O) groups excluding carboxylic acids is 1. The lowest BCUT2D eigenvalue weighted by atomic mass is 10.2. The highest BCUT2D eigenvalue weighted by Crippen LogP contribution is 2.10. The molecule has 0 aliphatic rings. The molecule has 2 rings (SSSR count). The molecule has 1 N–H and O–H groups in total. The number of benzene rings is 1. The fraction of sp³-hybridized carbons (Fsp3) is 0.308. The predicted octanol–water partition coefficient (Wildman–Crippen LogP) is 1.78. The maximum atomic E-state index is 13.5. The topological polar surface area (TPSA) is 61.9 Å². The molecule has 1 heterocycles. The van der Waals surface area contributed by atoms with Gasteiger partial charge in [-0.2, -0.15) is 0 Å². The van der Waals surface area contributed by atoms with Crippen LogP contribution in [0.15, 0.2) is 24.3 Å². The summed E-state index contributed by atoms with van der Waals surface area (Å²) in [6.07, 6.45) is 0.678. The van der Waals surface area contributed by atoms with Crippen LogP contribution < -0.4 is 0 Å². The summed E-state index contributed by atoms with van der Waals surface area (Å²) in [5.41, 5.74) is 0.463. The van der Waals surface area contributed by atoms with E-state index >= 15 is 0 Å². The maximum Gasteiger partial charge on any atom is 0.293 e. The summed E-state index contributed by atoms with van der Waals surface area (Å²) in [4.78, 5) is 17.5. The third kappa shape index (κ3) is 2.96. The Hall–Kier alpha value is -2.24. The van der Waals surface area contributed by atoms with Gasteiger partial charge in [0.05, 0.1) is 0 Å². The van der Waals surface area contributed by atoms with Crippen molar-refractivity contribution in [3.8, 4) is 0 Å². The van der Waals surface area contributed by atoms with Crippen LogP contribution in [0.1, 0.15) is 28.9 Å². The van der Waals surface area contributed by atoms with Crippen LogP contribution in [0.2, 0.25) is 0 Å². The molecule has 0 unspecified atom stereocenters. The van der Waals surface area contributed by atoms with Crippen LogP contribution >= 0.6 is 0 Å². The molecule has 1 aromatic heterocycles. The van der Waals surface area contributed by atoms with Gasteiger partial charge in [0.25, 0.3) is 5.91 Å². The van der Waals surface area contributed by atoms with Crippen molar-refractivity contribution < 1.29 is 9.18 Å². The van der Waals surface area contributed by atoms with E-state index in [2.05, 4.69) is 15.2 Å². The Morgan fingerprint density at radius 3 is 2.79 bits per heavy atom. The van der Waals surface area contributed by atoms with Crippen LogP contribution in [0.3, 0.4) is 0 Å². The van der Waals surface area contributed by atoms with Crippen molar-refractivity contribution in [2.24, 2.45) is 0 Å². The van der Waals surface area contributed by atoms with Gasteiger partial charge in [-0.25, -0.2) is 9.37 Å². The summed E-state index contributed by atoms with van der Waals surface area (Å²) in [5.74, 6) is 0.101. The highest BCUT2D eigenvalue weighted by Gasteiger charge is 2.17. The van der Waals surface area contributed by atoms with Crippen molar-refractivity contribution in [1.82, 2.24) is 20.1 Å². The molecule has 2 aromatic rings. The Balaban J connectivity index is 2.09. The van der Waals surface area contributed by atoms with E-state index in [0.29, 0.717) is 17.8 Å². The molecule has 0 saturated heterocycles. The van der Waals surface area contributed by atoms with Gasteiger partial charge in [-0.3, -0.25) is 9.89 Å². The van der Waals surface area contributed by atoms with Gasteiger partial charge in [0.1, 0.15) is 11.6 Å². The van der Waals surface area contributed by atoms with Gasteiger partial charge >= 0.3 is 0 Å². The Labute approximate surface area is 110 Å². The monoisotopic (exact) mass is 262 g/mol. The Morgan fingerprint density at radius 2 is 2.16 bits per heavy atom. The van der Waals surface area contributed by atoms with Crippen molar-refractivity contribution in [3.05, 3.63) is 47.3 Å². The first-order chi connectivity index (χ1) is 9.11. The van der Waals surface area contributed by atoms with Gasteiger partial charge in [-0.1, -0.05) is 25.1 Å². The largest absolute Gasteiger partial charge is 0.334 e. The molecule has 0 spiro atoms. The smallest absolute Gasteiger partial charge is 0.293 e. The number of aryl methyl sites for hydroxylation is 1. The Morgan fingerprint density at radius 1 is 1.42 bits per heavy atom. The van der Waals surface area contributed by atoms with E-state index in [1.165, 1.54) is 11.0 Å². The van der Waals surface area contributed by atoms with E-state index < -0.39 is 0 Å². The molecule has 5 nitrogen and oxygen atoms in total. The zero-order valence-electron chi connectivity index (χ0n) is 10.9. The van der Waals surface area contributed by atoms with Crippen molar-refractivity contribution in [1.29, 1.82) is 0 Å². The number of hydrogen-bond donors (Lipinski definition) is 1. The molecule has 100 valence electrons. The molecular formula is C13H15FN4O. The third-order valence-electron chi connectivity index (χ3n) is 2.77. The first kappa shape index (κ1) is 13.2. The number of H-pyrrole nitrogens is 1. The SMILES string of the molecule is CCc1nc(C(=O)N(C)Cc2ccccc2F)n[nH]1. The molecule has 0 radical (unpaired) electrons. The number of amides is 1. The van der Waals surface area contributed by atoms with Crippen molar-refractivity contribution >= 4 is 5.91 Å². The van der Waals surface area contributed by atoms with Gasteiger partial charge in [0.15, 0.2) is 0 Å². The first-order valence-electron chi connectivity index (χ1n) is 6.02. The summed E-state index contributed by atoms with van der Waals surface area (Å²) in [5, 5.41) is 6.53. The number of aromatic nitrogens is 3. The van der Waals surface area contributed by atoms with Crippen LogP contribution in [-0.2, 0) is 13.0 Å². The lowest BCUT2D eigenvalue weighted by Crippen LogP contribution is -2.27. The minimum Gasteiger partial charge on any atom is -0.334 e. The molecule has 0 aliphatic carbocycles. The number of aromatic amines is 1. The summed E-state index contributed by atoms with van der Waals surface area (Å²) in [6, 6.07) is 6.37. The predicted molar refractivity (Wildman–Crippen MR) is 68.0 cm³/mol. The van der Waals surface area contributed by atoms with E-state index in [1.807, 2.05) is 6.92 Å². The molecule has 0 bridgehead atoms. The minimum atomic E-state index is -0.334. The number of nitrogens with one attached hydrogen (secondary N) is 1. The highest BCUT2D eigenvalue weighted by molar-refractivity contribution is 5.90. The van der Waals surface area contributed by atoms with E-state index in [4.69, 9.17) is 0 Å². The average molecular weight is 262 g/mol. The minimum absolute atomic E-state index is 0.107. The molecule has 0 fully saturated rings. The second-order valence-electron chi connectivity index (χ2n) is 4.21. The van der Waals surface area contributed by atoms with Crippen molar-refractivity contribution in [2.45, 2.75) is 19.9 Å². The molecule has 1 amide bonds. The zero-order chi connectivity index (χ0) is 13.8. The molecule has 19 heavy (non-hydrogen) atoms. The Kier molecular flexibility index (Phi) is 3.89. The number of carbonyl (C=O) groups is 1. The van der Waals surface area contributed by atoms with Crippen molar-refractivity contribution in [2.75, 3.05) is 7.05 Å². The molecule has 0 saturated carbocycles. The fourth-order valence-corrected chi connectivity index (χ4v) is 1.67.